The number of hydrazine groups is 1. The minimum Gasteiger partial charge on any atom is -0.477 e. The number of aromatic nitrogens is 4. The van der Waals surface area contributed by atoms with Crippen LogP contribution in [-0.4, -0.2) is 43.1 Å². The van der Waals surface area contributed by atoms with Crippen molar-refractivity contribution >= 4 is 17.5 Å². The zero-order valence-corrected chi connectivity index (χ0v) is 18.6. The number of benzene rings is 1. The van der Waals surface area contributed by atoms with E-state index in [1.165, 1.54) is 18.2 Å². The van der Waals surface area contributed by atoms with Gasteiger partial charge in [0.2, 0.25) is 5.91 Å². The van der Waals surface area contributed by atoms with Gasteiger partial charge in [-0.15, -0.1) is 0 Å². The summed E-state index contributed by atoms with van der Waals surface area (Å²) in [5, 5.41) is 15.4. The van der Waals surface area contributed by atoms with Crippen LogP contribution in [-0.2, 0) is 16.0 Å². The number of hydrogen-bond donors (Lipinski definition) is 2. The van der Waals surface area contributed by atoms with Gasteiger partial charge >= 0.3 is 5.69 Å². The Hall–Kier alpha value is -4.35. The lowest BCUT2D eigenvalue weighted by molar-refractivity contribution is -0.385. The van der Waals surface area contributed by atoms with Crippen molar-refractivity contribution in [3.63, 3.8) is 0 Å². The minimum absolute atomic E-state index is 0.0340. The van der Waals surface area contributed by atoms with E-state index in [0.29, 0.717) is 22.9 Å². The molecule has 1 aromatic carbocycles. The van der Waals surface area contributed by atoms with E-state index in [1.807, 2.05) is 26.8 Å². The summed E-state index contributed by atoms with van der Waals surface area (Å²) in [5.41, 5.74) is 7.90. The molecule has 12 nitrogen and oxygen atoms in total. The number of nitro groups is 1. The lowest BCUT2D eigenvalue weighted by Gasteiger charge is -2.09. The molecule has 0 saturated carbocycles. The molecular weight excluding hydrogens is 430 g/mol. The van der Waals surface area contributed by atoms with Crippen molar-refractivity contribution in [3.05, 3.63) is 68.8 Å². The zero-order chi connectivity index (χ0) is 24.1. The van der Waals surface area contributed by atoms with Gasteiger partial charge in [-0.1, -0.05) is 12.1 Å². The zero-order valence-electron chi connectivity index (χ0n) is 18.6. The summed E-state index contributed by atoms with van der Waals surface area (Å²) in [6, 6.07) is 7.54. The second-order valence-electron chi connectivity index (χ2n) is 7.30. The third-order valence-electron chi connectivity index (χ3n) is 4.70. The first-order chi connectivity index (χ1) is 15.7. The van der Waals surface area contributed by atoms with Crippen LogP contribution in [0.5, 0.6) is 5.75 Å². The highest BCUT2D eigenvalue weighted by molar-refractivity contribution is 5.84. The summed E-state index contributed by atoms with van der Waals surface area (Å²) in [7, 11) is 0. The molecule has 3 aromatic rings. The number of carbonyl (C=O) groups is 2. The van der Waals surface area contributed by atoms with Crippen LogP contribution < -0.4 is 15.6 Å². The molecule has 2 heterocycles. The lowest BCUT2D eigenvalue weighted by Crippen LogP contribution is -2.44. The summed E-state index contributed by atoms with van der Waals surface area (Å²) in [6.07, 6.45) is -0.0340. The van der Waals surface area contributed by atoms with Gasteiger partial charge in [0, 0.05) is 28.7 Å². The highest BCUT2D eigenvalue weighted by Crippen LogP contribution is 2.25. The Bertz CT molecular complexity index is 1200. The molecular formula is C21H23N7O5. The number of rotatable bonds is 7. The number of nitro benzene ring substituents is 1. The minimum atomic E-state index is -0.672. The molecule has 172 valence electrons. The van der Waals surface area contributed by atoms with Gasteiger partial charge in [0.05, 0.1) is 17.0 Å². The van der Waals surface area contributed by atoms with E-state index in [-0.39, 0.29) is 17.9 Å². The maximum absolute atomic E-state index is 12.4. The monoisotopic (exact) mass is 453 g/mol. The predicted octanol–water partition coefficient (Wildman–Crippen LogP) is 1.57. The van der Waals surface area contributed by atoms with Crippen molar-refractivity contribution < 1.29 is 19.2 Å². The van der Waals surface area contributed by atoms with Gasteiger partial charge in [-0.3, -0.25) is 30.6 Å². The molecule has 0 atom stereocenters. The summed E-state index contributed by atoms with van der Waals surface area (Å²) >= 11 is 0. The molecule has 0 fully saturated rings. The highest BCUT2D eigenvalue weighted by Gasteiger charge is 2.19. The average Bonchev–Trinajstić information content (AvgIpc) is 3.04. The van der Waals surface area contributed by atoms with Crippen molar-refractivity contribution in [2.24, 2.45) is 0 Å². The number of amides is 2. The normalized spacial score (nSPS) is 10.5. The van der Waals surface area contributed by atoms with E-state index in [0.717, 1.165) is 11.4 Å². The fourth-order valence-corrected chi connectivity index (χ4v) is 3.18. The second-order valence-corrected chi connectivity index (χ2v) is 7.30. The number of hydrogen-bond acceptors (Lipinski definition) is 8. The molecule has 0 aliphatic heterocycles. The number of carbonyl (C=O) groups excluding carboxylic acids is 2. The largest absolute Gasteiger partial charge is 0.477 e. The first kappa shape index (κ1) is 23.3. The van der Waals surface area contributed by atoms with Gasteiger partial charge in [-0.25, -0.2) is 14.6 Å². The smallest absolute Gasteiger partial charge is 0.310 e. The van der Waals surface area contributed by atoms with E-state index in [9.17, 15) is 19.7 Å². The maximum Gasteiger partial charge on any atom is 0.310 e. The van der Waals surface area contributed by atoms with Gasteiger partial charge in [-0.05, 0) is 39.8 Å². The molecule has 2 N–H and O–H groups in total. The Morgan fingerprint density at radius 1 is 1.06 bits per heavy atom. The van der Waals surface area contributed by atoms with Gasteiger partial charge in [0.15, 0.2) is 12.4 Å². The molecule has 3 rings (SSSR count). The number of para-hydroxylation sites is 2. The van der Waals surface area contributed by atoms with Crippen molar-refractivity contribution in [1.82, 2.24) is 30.6 Å². The van der Waals surface area contributed by atoms with Gasteiger partial charge in [0.25, 0.3) is 11.9 Å². The highest BCUT2D eigenvalue weighted by atomic mass is 16.6. The van der Waals surface area contributed by atoms with Crippen molar-refractivity contribution in [1.29, 1.82) is 0 Å². The van der Waals surface area contributed by atoms with E-state index in [1.54, 1.807) is 17.7 Å². The number of nitrogens with one attached hydrogen (secondary N) is 2. The standard InChI is InChI=1S/C21H23N7O5/c1-12-9-13(2)23-21(22-12)27-15(4)16(14(3)26-27)10-19(29)24-25-20(30)11-33-18-8-6-5-7-17(18)28(31)32/h5-9H,10-11H2,1-4H3,(H,24,29)(H,25,30). The summed E-state index contributed by atoms with van der Waals surface area (Å²) in [4.78, 5) is 43.5. The van der Waals surface area contributed by atoms with Gasteiger partial charge in [-0.2, -0.15) is 5.10 Å². The fourth-order valence-electron chi connectivity index (χ4n) is 3.18. The van der Waals surface area contributed by atoms with Crippen LogP contribution in [0.1, 0.15) is 28.3 Å². The number of ether oxygens (including phenoxy) is 1. The van der Waals surface area contributed by atoms with Crippen LogP contribution in [0.15, 0.2) is 30.3 Å². The Balaban J connectivity index is 1.58. The molecule has 0 radical (unpaired) electrons. The fraction of sp³-hybridized carbons (Fsp3) is 0.286. The van der Waals surface area contributed by atoms with Gasteiger partial charge < -0.3 is 4.74 Å². The summed E-state index contributed by atoms with van der Waals surface area (Å²) in [5.74, 6) is -0.771. The molecule has 2 aromatic heterocycles. The SMILES string of the molecule is Cc1cc(C)nc(-n2nc(C)c(CC(=O)NNC(=O)COc3ccccc3[N+](=O)[O-])c2C)n1. The predicted molar refractivity (Wildman–Crippen MR) is 117 cm³/mol. The molecule has 0 bridgehead atoms. The summed E-state index contributed by atoms with van der Waals surface area (Å²) in [6.45, 7) is 6.79. The first-order valence-corrected chi connectivity index (χ1v) is 9.97. The van der Waals surface area contributed by atoms with Crippen LogP contribution >= 0.6 is 0 Å². The molecule has 2 amide bonds. The van der Waals surface area contributed by atoms with E-state index in [4.69, 9.17) is 4.74 Å². The first-order valence-electron chi connectivity index (χ1n) is 9.97. The van der Waals surface area contributed by atoms with E-state index < -0.39 is 23.3 Å². The molecule has 12 heteroatoms. The Kier molecular flexibility index (Phi) is 6.96. The molecule has 0 spiro atoms. The van der Waals surface area contributed by atoms with E-state index >= 15 is 0 Å². The third-order valence-corrected chi connectivity index (χ3v) is 4.70. The molecule has 0 saturated heterocycles. The third kappa shape index (κ3) is 5.67. The molecule has 33 heavy (non-hydrogen) atoms. The maximum atomic E-state index is 12.4. The molecule has 0 unspecified atom stereocenters. The Morgan fingerprint density at radius 3 is 2.36 bits per heavy atom. The second kappa shape index (κ2) is 9.85. The van der Waals surface area contributed by atoms with Crippen molar-refractivity contribution in [2.45, 2.75) is 34.1 Å². The van der Waals surface area contributed by atoms with E-state index in [2.05, 4.69) is 25.9 Å². The quantitative estimate of drug-likeness (QED) is 0.404. The van der Waals surface area contributed by atoms with Crippen LogP contribution in [0.2, 0.25) is 0 Å². The van der Waals surface area contributed by atoms with Crippen LogP contribution in [0.25, 0.3) is 5.95 Å². The number of nitrogens with zero attached hydrogens (tertiary/aromatic N) is 5. The topological polar surface area (TPSA) is 154 Å². The number of aryl methyl sites for hydroxylation is 3. The summed E-state index contributed by atoms with van der Waals surface area (Å²) < 4.78 is 6.77. The van der Waals surface area contributed by atoms with Crippen LogP contribution in [0.4, 0.5) is 5.69 Å². The molecule has 0 aliphatic rings. The van der Waals surface area contributed by atoms with Crippen LogP contribution in [0, 0.1) is 37.8 Å². The van der Waals surface area contributed by atoms with Crippen LogP contribution in [0.3, 0.4) is 0 Å². The van der Waals surface area contributed by atoms with Gasteiger partial charge in [0.1, 0.15) is 0 Å². The van der Waals surface area contributed by atoms with Crippen molar-refractivity contribution in [2.75, 3.05) is 6.61 Å². The van der Waals surface area contributed by atoms with Crippen molar-refractivity contribution in [3.8, 4) is 11.7 Å². The Labute approximate surface area is 189 Å². The average molecular weight is 453 g/mol. The molecule has 0 aliphatic carbocycles. The Morgan fingerprint density at radius 2 is 1.70 bits per heavy atom. The lowest BCUT2D eigenvalue weighted by atomic mass is 10.1.